The van der Waals surface area contributed by atoms with E-state index in [1.54, 1.807) is 6.20 Å². The van der Waals surface area contributed by atoms with Crippen molar-refractivity contribution in [3.05, 3.63) is 145 Å². The van der Waals surface area contributed by atoms with Gasteiger partial charge in [-0.15, -0.1) is 65.0 Å². The summed E-state index contributed by atoms with van der Waals surface area (Å²) in [7, 11) is 0. The summed E-state index contributed by atoms with van der Waals surface area (Å²) in [5, 5.41) is 5.57. The first-order valence-electron chi connectivity index (χ1n) is 14.2. The summed E-state index contributed by atoms with van der Waals surface area (Å²) < 4.78 is 6.34. The Labute approximate surface area is 264 Å². The van der Waals surface area contributed by atoms with Crippen molar-refractivity contribution < 1.29 is 24.5 Å². The van der Waals surface area contributed by atoms with Crippen LogP contribution in [0, 0.1) is 12.1 Å². The van der Waals surface area contributed by atoms with Crippen LogP contribution in [0.25, 0.3) is 66.1 Å². The fourth-order valence-corrected chi connectivity index (χ4v) is 5.54. The molecule has 3 heterocycles. The zero-order chi connectivity index (χ0) is 28.5. The third-order valence-electron chi connectivity index (χ3n) is 7.55. The van der Waals surface area contributed by atoms with Crippen molar-refractivity contribution >= 4 is 43.6 Å². The predicted octanol–water partition coefficient (Wildman–Crippen LogP) is 10.4. The van der Waals surface area contributed by atoms with Gasteiger partial charge in [-0.25, -0.2) is 0 Å². The topological polar surface area (TPSA) is 38.9 Å². The summed E-state index contributed by atoms with van der Waals surface area (Å²) in [6, 6.07) is 47.6. The van der Waals surface area contributed by atoms with Crippen LogP contribution in [0.5, 0.6) is 0 Å². The Kier molecular flexibility index (Phi) is 8.15. The first-order chi connectivity index (χ1) is 20.7. The molecule has 5 aromatic carbocycles. The maximum atomic E-state index is 6.34. The molecule has 4 heteroatoms. The van der Waals surface area contributed by atoms with Crippen LogP contribution in [-0.4, -0.2) is 9.97 Å². The molecule has 0 aliphatic carbocycles. The number of furan rings is 1. The predicted molar refractivity (Wildman–Crippen MR) is 173 cm³/mol. The molecule has 0 aliphatic rings. The van der Waals surface area contributed by atoms with Crippen molar-refractivity contribution in [2.75, 3.05) is 0 Å². The summed E-state index contributed by atoms with van der Waals surface area (Å²) in [6.45, 7) is 4.48. The van der Waals surface area contributed by atoms with E-state index in [2.05, 4.69) is 85.6 Å². The van der Waals surface area contributed by atoms with Crippen LogP contribution < -0.4 is 0 Å². The number of hydrogen-bond acceptors (Lipinski definition) is 3. The molecule has 0 bridgehead atoms. The molecule has 0 saturated heterocycles. The molecular formula is C39H28IrN2O-2. The standard InChI is InChI=1S/C28H20NO.C11H8N.Ir/c1-17(2)23-16-19(15-18-9-3-4-10-20(18)23)27-26-22-12-6-8-14-25(22)30-28(26)21-11-5-7-13-24(21)29-27;1-2-6-10(7-3-1)11-8-4-5-9-12-11;/h3-14,16-17H,1-2H3;1-6,8-9H;/q2*-1;. The number of pyridine rings is 2. The Hall–Kier alpha value is -4.63. The number of hydrogen-bond donors (Lipinski definition) is 0. The first-order valence-corrected chi connectivity index (χ1v) is 14.2. The molecule has 3 nitrogen and oxygen atoms in total. The SMILES string of the molecule is CC(C)c1cc(-c2nc3ccccc3c3oc4ccccc4c23)[c-]c2ccccc12.[Ir].[c-]1ccccc1-c1ccccn1. The smallest absolute Gasteiger partial charge is 0.139 e. The summed E-state index contributed by atoms with van der Waals surface area (Å²) in [5.41, 5.74) is 7.99. The van der Waals surface area contributed by atoms with Gasteiger partial charge in [0.05, 0.1) is 5.52 Å². The van der Waals surface area contributed by atoms with Gasteiger partial charge in [0.15, 0.2) is 0 Å². The van der Waals surface area contributed by atoms with E-state index < -0.39 is 0 Å². The van der Waals surface area contributed by atoms with Crippen LogP contribution in [0.3, 0.4) is 0 Å². The van der Waals surface area contributed by atoms with E-state index in [1.165, 1.54) is 10.9 Å². The third kappa shape index (κ3) is 5.48. The molecule has 0 N–H and O–H groups in total. The maximum Gasteiger partial charge on any atom is 0.139 e. The number of nitrogens with zero attached hydrogens (tertiary/aromatic N) is 2. The minimum atomic E-state index is 0. The zero-order valence-electron chi connectivity index (χ0n) is 23.8. The molecule has 8 aromatic rings. The second-order valence-electron chi connectivity index (χ2n) is 10.6. The number of benzene rings is 5. The molecule has 0 atom stereocenters. The molecule has 0 aliphatic heterocycles. The molecule has 8 rings (SSSR count). The van der Waals surface area contributed by atoms with Gasteiger partial charge in [0, 0.05) is 48.2 Å². The van der Waals surface area contributed by atoms with E-state index >= 15 is 0 Å². The van der Waals surface area contributed by atoms with E-state index in [4.69, 9.17) is 9.40 Å². The summed E-state index contributed by atoms with van der Waals surface area (Å²) in [6.07, 6.45) is 1.79. The Balaban J connectivity index is 0.000000213. The quantitative estimate of drug-likeness (QED) is 0.170. The van der Waals surface area contributed by atoms with Crippen LogP contribution in [0.2, 0.25) is 0 Å². The third-order valence-corrected chi connectivity index (χ3v) is 7.55. The van der Waals surface area contributed by atoms with E-state index in [0.29, 0.717) is 5.92 Å². The minimum Gasteiger partial charge on any atom is -0.456 e. The van der Waals surface area contributed by atoms with Crippen molar-refractivity contribution in [1.82, 2.24) is 9.97 Å². The summed E-state index contributed by atoms with van der Waals surface area (Å²) >= 11 is 0. The fourth-order valence-electron chi connectivity index (χ4n) is 5.54. The second-order valence-corrected chi connectivity index (χ2v) is 10.6. The molecule has 211 valence electrons. The van der Waals surface area contributed by atoms with Crippen molar-refractivity contribution in [3.8, 4) is 22.5 Å². The largest absolute Gasteiger partial charge is 0.456 e. The fraction of sp³-hybridized carbons (Fsp3) is 0.0769. The number of fused-ring (bicyclic) bond motifs is 6. The van der Waals surface area contributed by atoms with E-state index in [0.717, 1.165) is 60.7 Å². The van der Waals surface area contributed by atoms with Gasteiger partial charge in [-0.3, -0.25) is 4.98 Å². The van der Waals surface area contributed by atoms with Gasteiger partial charge < -0.3 is 9.40 Å². The molecule has 43 heavy (non-hydrogen) atoms. The minimum absolute atomic E-state index is 0. The van der Waals surface area contributed by atoms with Crippen LogP contribution >= 0.6 is 0 Å². The van der Waals surface area contributed by atoms with Gasteiger partial charge in [0.2, 0.25) is 0 Å². The number of para-hydroxylation sites is 2. The molecular weight excluding hydrogens is 705 g/mol. The van der Waals surface area contributed by atoms with Gasteiger partial charge in [-0.05, 0) is 35.9 Å². The van der Waals surface area contributed by atoms with Gasteiger partial charge in [-0.2, -0.15) is 0 Å². The monoisotopic (exact) mass is 733 g/mol. The van der Waals surface area contributed by atoms with Gasteiger partial charge in [0.1, 0.15) is 11.2 Å². The Morgan fingerprint density at radius 2 is 1.42 bits per heavy atom. The van der Waals surface area contributed by atoms with Crippen molar-refractivity contribution in [1.29, 1.82) is 0 Å². The summed E-state index contributed by atoms with van der Waals surface area (Å²) in [4.78, 5) is 9.33. The van der Waals surface area contributed by atoms with Gasteiger partial charge >= 0.3 is 0 Å². The first kappa shape index (κ1) is 28.5. The molecule has 0 spiro atoms. The van der Waals surface area contributed by atoms with Crippen LogP contribution in [0.1, 0.15) is 25.3 Å². The zero-order valence-corrected chi connectivity index (χ0v) is 26.2. The molecule has 0 saturated carbocycles. The van der Waals surface area contributed by atoms with E-state index in [-0.39, 0.29) is 20.1 Å². The second kappa shape index (κ2) is 12.3. The van der Waals surface area contributed by atoms with Crippen molar-refractivity contribution in [2.45, 2.75) is 19.8 Å². The number of aromatic nitrogens is 2. The molecule has 3 aromatic heterocycles. The molecule has 0 amide bonds. The molecule has 0 unspecified atom stereocenters. The van der Waals surface area contributed by atoms with Crippen molar-refractivity contribution in [2.24, 2.45) is 0 Å². The maximum absolute atomic E-state index is 6.34. The number of rotatable bonds is 3. The Morgan fingerprint density at radius 1 is 0.698 bits per heavy atom. The van der Waals surface area contributed by atoms with E-state index in [1.807, 2.05) is 66.7 Å². The van der Waals surface area contributed by atoms with Crippen molar-refractivity contribution in [3.63, 3.8) is 0 Å². The van der Waals surface area contributed by atoms with Crippen LogP contribution in [0.15, 0.2) is 132 Å². The average Bonchev–Trinajstić information content (AvgIpc) is 3.45. The Bertz CT molecular complexity index is 2130. The van der Waals surface area contributed by atoms with Gasteiger partial charge in [0.25, 0.3) is 0 Å². The van der Waals surface area contributed by atoms with E-state index in [9.17, 15) is 0 Å². The average molecular weight is 733 g/mol. The normalized spacial score (nSPS) is 11.0. The van der Waals surface area contributed by atoms with Gasteiger partial charge in [-0.1, -0.05) is 85.5 Å². The van der Waals surface area contributed by atoms with Crippen LogP contribution in [0.4, 0.5) is 0 Å². The molecule has 0 fully saturated rings. The Morgan fingerprint density at radius 3 is 2.19 bits per heavy atom. The molecule has 1 radical (unpaired) electrons. The summed E-state index contributed by atoms with van der Waals surface area (Å²) in [5.74, 6) is 0.403. The van der Waals surface area contributed by atoms with Crippen LogP contribution in [-0.2, 0) is 20.1 Å².